The van der Waals surface area contributed by atoms with Crippen molar-refractivity contribution in [3.8, 4) is 0 Å². The first-order valence-electron chi connectivity index (χ1n) is 6.61. The highest BCUT2D eigenvalue weighted by atomic mass is 32.2. The molecule has 23 heavy (non-hydrogen) atoms. The smallest absolute Gasteiger partial charge is 0.266 e. The van der Waals surface area contributed by atoms with Crippen LogP contribution in [-0.2, 0) is 21.4 Å². The van der Waals surface area contributed by atoms with Gasteiger partial charge >= 0.3 is 0 Å². The normalized spacial score (nSPS) is 12.6. The summed E-state index contributed by atoms with van der Waals surface area (Å²) in [5.41, 5.74) is 0.823. The molecular weight excluding hydrogens is 340 g/mol. The van der Waals surface area contributed by atoms with Crippen LogP contribution in [0.2, 0.25) is 0 Å². The molecule has 1 atom stereocenters. The van der Waals surface area contributed by atoms with Crippen molar-refractivity contribution in [3.05, 3.63) is 60.7 Å². The van der Waals surface area contributed by atoms with Crippen LogP contribution in [0.3, 0.4) is 0 Å². The first kappa shape index (κ1) is 17.4. The molecule has 0 radical (unpaired) electrons. The fourth-order valence-corrected chi connectivity index (χ4v) is 3.02. The molecule has 2 rings (SSSR count). The van der Waals surface area contributed by atoms with Crippen LogP contribution in [0.15, 0.2) is 60.7 Å². The summed E-state index contributed by atoms with van der Waals surface area (Å²) in [7, 11) is -4.24. The standard InChI is InChI=1S/C14H16N2O5S2/c17-22(18)16(14-9-5-2-6-10-14)15(11-12-23(19,20)21)13-7-3-1-4-8-13/h1-10H,11-12H2,(H,17,18)(H,19,20,21)/p-1. The molecule has 0 aliphatic carbocycles. The number of hydrogen-bond donors (Lipinski definition) is 1. The van der Waals surface area contributed by atoms with Gasteiger partial charge in [-0.15, -0.1) is 0 Å². The lowest BCUT2D eigenvalue weighted by atomic mass is 10.3. The van der Waals surface area contributed by atoms with Gasteiger partial charge in [0.25, 0.3) is 10.1 Å². The van der Waals surface area contributed by atoms with E-state index in [4.69, 9.17) is 4.55 Å². The van der Waals surface area contributed by atoms with E-state index >= 15 is 0 Å². The Hall–Kier alpha value is -1.94. The highest BCUT2D eigenvalue weighted by molar-refractivity contribution is 7.85. The van der Waals surface area contributed by atoms with Crippen molar-refractivity contribution in [2.75, 3.05) is 21.7 Å². The Labute approximate surface area is 137 Å². The number of benzene rings is 2. The summed E-state index contributed by atoms with van der Waals surface area (Å²) in [6, 6.07) is 16.7. The van der Waals surface area contributed by atoms with Crippen molar-refractivity contribution in [3.63, 3.8) is 0 Å². The summed E-state index contributed by atoms with van der Waals surface area (Å²) in [6.07, 6.45) is 0. The van der Waals surface area contributed by atoms with Crippen molar-refractivity contribution in [2.24, 2.45) is 0 Å². The molecule has 0 amide bonds. The monoisotopic (exact) mass is 355 g/mol. The van der Waals surface area contributed by atoms with E-state index in [1.165, 1.54) is 5.01 Å². The van der Waals surface area contributed by atoms with Gasteiger partial charge in [0.15, 0.2) is 0 Å². The Bertz CT molecular complexity index is 753. The molecule has 124 valence electrons. The topological polar surface area (TPSA) is 101 Å². The number of anilines is 2. The van der Waals surface area contributed by atoms with Crippen LogP contribution < -0.4 is 9.42 Å². The number of para-hydroxylation sites is 2. The Balaban J connectivity index is 2.43. The molecule has 0 aliphatic heterocycles. The molecular formula is C14H15N2O5S2-. The van der Waals surface area contributed by atoms with E-state index in [1.807, 2.05) is 0 Å². The van der Waals surface area contributed by atoms with Crippen LogP contribution >= 0.6 is 0 Å². The minimum Gasteiger partial charge on any atom is -0.754 e. The zero-order chi connectivity index (χ0) is 16.9. The Kier molecular flexibility index (Phi) is 5.72. The van der Waals surface area contributed by atoms with Crippen molar-refractivity contribution in [1.82, 2.24) is 0 Å². The maximum atomic E-state index is 11.7. The molecule has 9 heteroatoms. The number of nitrogens with zero attached hydrogens (tertiary/aromatic N) is 2. The summed E-state index contributed by atoms with van der Waals surface area (Å²) >= 11 is -2.68. The fraction of sp³-hybridized carbons (Fsp3) is 0.143. The van der Waals surface area contributed by atoms with E-state index in [1.54, 1.807) is 60.7 Å². The molecule has 0 aromatic heterocycles. The molecule has 2 aromatic carbocycles. The minimum atomic E-state index is -4.24. The molecule has 2 aromatic rings. The van der Waals surface area contributed by atoms with Crippen molar-refractivity contribution < 1.29 is 21.7 Å². The number of rotatable bonds is 7. The van der Waals surface area contributed by atoms with Gasteiger partial charge in [-0.1, -0.05) is 36.4 Å². The highest BCUT2D eigenvalue weighted by Gasteiger charge is 2.20. The number of hydrazine groups is 1. The molecule has 0 spiro atoms. The van der Waals surface area contributed by atoms with Gasteiger partial charge in [-0.2, -0.15) is 8.42 Å². The molecule has 0 saturated carbocycles. The van der Waals surface area contributed by atoms with Crippen LogP contribution in [0.1, 0.15) is 0 Å². The van der Waals surface area contributed by atoms with Gasteiger partial charge in [0, 0.05) is 0 Å². The largest absolute Gasteiger partial charge is 0.754 e. The van der Waals surface area contributed by atoms with E-state index in [2.05, 4.69) is 0 Å². The number of hydrogen-bond acceptors (Lipinski definition) is 5. The summed E-state index contributed by atoms with van der Waals surface area (Å²) in [5, 5.41) is 1.27. The van der Waals surface area contributed by atoms with E-state index in [0.29, 0.717) is 11.4 Å². The maximum absolute atomic E-state index is 11.7. The van der Waals surface area contributed by atoms with Crippen LogP contribution in [0.4, 0.5) is 11.4 Å². The highest BCUT2D eigenvalue weighted by Crippen LogP contribution is 2.23. The van der Waals surface area contributed by atoms with Gasteiger partial charge in [0.2, 0.25) is 0 Å². The molecule has 1 unspecified atom stereocenters. The predicted octanol–water partition coefficient (Wildman–Crippen LogP) is 1.60. The first-order valence-corrected chi connectivity index (χ1v) is 9.25. The van der Waals surface area contributed by atoms with Crippen molar-refractivity contribution >= 4 is 32.8 Å². The lowest BCUT2D eigenvalue weighted by Gasteiger charge is -2.38. The second-order valence-electron chi connectivity index (χ2n) is 4.57. The van der Waals surface area contributed by atoms with Gasteiger partial charge in [-0.05, 0) is 24.3 Å². The summed E-state index contributed by atoms with van der Waals surface area (Å²) in [4.78, 5) is 0. The van der Waals surface area contributed by atoms with E-state index in [-0.39, 0.29) is 6.54 Å². The average Bonchev–Trinajstić information content (AvgIpc) is 2.51. The van der Waals surface area contributed by atoms with Crippen molar-refractivity contribution in [1.29, 1.82) is 0 Å². The third-order valence-electron chi connectivity index (χ3n) is 2.95. The quantitative estimate of drug-likeness (QED) is 0.460. The zero-order valence-corrected chi connectivity index (χ0v) is 13.6. The van der Waals surface area contributed by atoms with Crippen LogP contribution in [0, 0.1) is 0 Å². The van der Waals surface area contributed by atoms with Gasteiger partial charge in [-0.25, -0.2) is 4.41 Å². The first-order chi connectivity index (χ1) is 10.9. The third kappa shape index (κ3) is 5.03. The third-order valence-corrected chi connectivity index (χ3v) is 4.34. The Morgan fingerprint density at radius 3 is 1.87 bits per heavy atom. The summed E-state index contributed by atoms with van der Waals surface area (Å²) < 4.78 is 55.5. The molecule has 0 fully saturated rings. The lowest BCUT2D eigenvalue weighted by molar-refractivity contribution is 0.481. The maximum Gasteiger partial charge on any atom is 0.266 e. The van der Waals surface area contributed by atoms with Gasteiger partial charge in [-0.3, -0.25) is 13.8 Å². The SMILES string of the molecule is O=S([O-])N(c1ccccc1)N(CCS(=O)(=O)O)c1ccccc1. The van der Waals surface area contributed by atoms with Gasteiger partial charge in [0.05, 0.1) is 34.9 Å². The van der Waals surface area contributed by atoms with E-state index < -0.39 is 27.1 Å². The van der Waals surface area contributed by atoms with E-state index in [0.717, 1.165) is 4.41 Å². The minimum absolute atomic E-state index is 0.230. The second-order valence-corrected chi connectivity index (χ2v) is 6.92. The van der Waals surface area contributed by atoms with Gasteiger partial charge < -0.3 is 4.55 Å². The molecule has 0 saturated heterocycles. The second kappa shape index (κ2) is 7.55. The summed E-state index contributed by atoms with van der Waals surface area (Å²) in [6.45, 7) is -0.230. The van der Waals surface area contributed by atoms with Crippen LogP contribution in [-0.4, -0.2) is 34.0 Å². The molecule has 0 bridgehead atoms. The average molecular weight is 355 g/mol. The van der Waals surface area contributed by atoms with Crippen LogP contribution in [0.5, 0.6) is 0 Å². The molecule has 0 aliphatic rings. The fourth-order valence-electron chi connectivity index (χ4n) is 1.99. The lowest BCUT2D eigenvalue weighted by Crippen LogP contribution is -2.46. The Morgan fingerprint density at radius 2 is 1.43 bits per heavy atom. The van der Waals surface area contributed by atoms with Crippen molar-refractivity contribution in [2.45, 2.75) is 0 Å². The van der Waals surface area contributed by atoms with Crippen LogP contribution in [0.25, 0.3) is 0 Å². The van der Waals surface area contributed by atoms with E-state index in [9.17, 15) is 17.2 Å². The zero-order valence-electron chi connectivity index (χ0n) is 12.0. The predicted molar refractivity (Wildman–Crippen MR) is 88.0 cm³/mol. The van der Waals surface area contributed by atoms with Gasteiger partial charge in [0.1, 0.15) is 0 Å². The molecule has 0 heterocycles. The molecule has 1 N–H and O–H groups in total. The molecule has 7 nitrogen and oxygen atoms in total. The Morgan fingerprint density at radius 1 is 0.957 bits per heavy atom. The summed E-state index contributed by atoms with van der Waals surface area (Å²) in [5.74, 6) is -0.609.